The number of nitrogens with zero attached hydrogens (tertiary/aromatic N) is 2. The second kappa shape index (κ2) is 13.1. The van der Waals surface area contributed by atoms with Crippen molar-refractivity contribution < 1.29 is 17.2 Å². The lowest BCUT2D eigenvalue weighted by atomic mass is 9.84. The summed E-state index contributed by atoms with van der Waals surface area (Å²) in [5.74, 6) is 1.29. The molecule has 7 nitrogen and oxygen atoms in total. The summed E-state index contributed by atoms with van der Waals surface area (Å²) >= 11 is 0. The Labute approximate surface area is 209 Å². The van der Waals surface area contributed by atoms with Crippen molar-refractivity contribution in [3.05, 3.63) is 24.2 Å². The minimum absolute atomic E-state index is 0. The molecule has 7 heteroatoms. The molecule has 1 aliphatic carbocycles. The molecule has 0 spiro atoms. The Morgan fingerprint density at radius 2 is 2.03 bits per heavy atom. The van der Waals surface area contributed by atoms with Crippen LogP contribution in [0.4, 0.5) is 0 Å². The van der Waals surface area contributed by atoms with E-state index in [9.17, 15) is 9.90 Å². The SMILES string of the molecule is CCN(CCc1ccco1)C[C@@H]1CCCN1C(C)(O)[C@@H](NC(=O)[C@H](C)NC)C1CCCCCC1.[HH].[HH]. The molecule has 2 heterocycles. The van der Waals surface area contributed by atoms with Gasteiger partial charge in [-0.3, -0.25) is 9.69 Å². The van der Waals surface area contributed by atoms with Crippen LogP contribution in [0.2, 0.25) is 0 Å². The highest BCUT2D eigenvalue weighted by molar-refractivity contribution is 5.81. The number of aliphatic hydroxyl groups is 1. The van der Waals surface area contributed by atoms with E-state index in [0.29, 0.717) is 5.92 Å². The van der Waals surface area contributed by atoms with Gasteiger partial charge in [0.15, 0.2) is 0 Å². The lowest BCUT2D eigenvalue weighted by Gasteiger charge is -2.47. The van der Waals surface area contributed by atoms with Crippen LogP contribution < -0.4 is 10.6 Å². The predicted octanol–water partition coefficient (Wildman–Crippen LogP) is 3.87. The topological polar surface area (TPSA) is 81.0 Å². The molecule has 1 saturated carbocycles. The van der Waals surface area contributed by atoms with Gasteiger partial charge in [0.1, 0.15) is 11.5 Å². The summed E-state index contributed by atoms with van der Waals surface area (Å²) in [6.45, 7) is 9.73. The highest BCUT2D eigenvalue weighted by atomic mass is 16.3. The van der Waals surface area contributed by atoms with Crippen molar-refractivity contribution in [2.24, 2.45) is 5.92 Å². The molecule has 1 aromatic heterocycles. The molecule has 1 aromatic rings. The van der Waals surface area contributed by atoms with Crippen molar-refractivity contribution in [1.82, 2.24) is 20.4 Å². The number of amides is 1. The van der Waals surface area contributed by atoms with Gasteiger partial charge in [0.05, 0.1) is 18.3 Å². The third kappa shape index (κ3) is 7.06. The summed E-state index contributed by atoms with van der Waals surface area (Å²) in [5.41, 5.74) is -1.08. The highest BCUT2D eigenvalue weighted by Crippen LogP contribution is 2.35. The molecule has 1 saturated heterocycles. The van der Waals surface area contributed by atoms with E-state index in [1.54, 1.807) is 6.26 Å². The Kier molecular flexibility index (Phi) is 10.4. The van der Waals surface area contributed by atoms with Gasteiger partial charge in [-0.1, -0.05) is 32.6 Å². The minimum atomic E-state index is -1.08. The number of nitrogens with one attached hydrogen (secondary N) is 2. The van der Waals surface area contributed by atoms with Crippen LogP contribution >= 0.6 is 0 Å². The van der Waals surface area contributed by atoms with Crippen molar-refractivity contribution in [1.29, 1.82) is 0 Å². The van der Waals surface area contributed by atoms with E-state index in [1.807, 2.05) is 33.0 Å². The molecule has 2 fully saturated rings. The number of hydrogen-bond acceptors (Lipinski definition) is 6. The molecular weight excluding hydrogens is 428 g/mol. The zero-order chi connectivity index (χ0) is 24.6. The number of furan rings is 1. The molecule has 1 amide bonds. The van der Waals surface area contributed by atoms with Crippen molar-refractivity contribution in [2.75, 3.05) is 33.2 Å². The Bertz CT molecular complexity index is 727. The van der Waals surface area contributed by atoms with Crippen LogP contribution in [0.5, 0.6) is 0 Å². The Balaban J connectivity index is 0.00000324. The van der Waals surface area contributed by atoms with Crippen molar-refractivity contribution in [3.63, 3.8) is 0 Å². The summed E-state index contributed by atoms with van der Waals surface area (Å²) in [4.78, 5) is 17.7. The van der Waals surface area contributed by atoms with E-state index in [-0.39, 0.29) is 26.9 Å². The second-order valence-corrected chi connectivity index (χ2v) is 10.6. The molecule has 1 unspecified atom stereocenters. The third-order valence-electron chi connectivity index (χ3n) is 8.21. The molecule has 3 rings (SSSR count). The Morgan fingerprint density at radius 1 is 1.29 bits per heavy atom. The fraction of sp³-hybridized carbons (Fsp3) is 0.815. The molecule has 198 valence electrons. The van der Waals surface area contributed by atoms with E-state index in [2.05, 4.69) is 27.4 Å². The normalized spacial score (nSPS) is 24.0. The third-order valence-corrected chi connectivity index (χ3v) is 8.21. The van der Waals surface area contributed by atoms with Crippen LogP contribution in [-0.4, -0.2) is 77.9 Å². The summed E-state index contributed by atoms with van der Waals surface area (Å²) in [6, 6.07) is 3.70. The molecule has 1 aliphatic heterocycles. The average Bonchev–Trinajstić information content (AvgIpc) is 3.46. The molecule has 2 aliphatic rings. The molecule has 34 heavy (non-hydrogen) atoms. The maximum absolute atomic E-state index is 13.0. The first-order valence-electron chi connectivity index (χ1n) is 13.6. The van der Waals surface area contributed by atoms with Gasteiger partial charge in [-0.05, 0) is 71.2 Å². The van der Waals surface area contributed by atoms with Crippen molar-refractivity contribution in [2.45, 2.75) is 102 Å². The number of carbonyl (C=O) groups excluding carboxylic acids is 1. The Hall–Kier alpha value is -1.41. The monoisotopic (exact) mass is 480 g/mol. The summed E-state index contributed by atoms with van der Waals surface area (Å²) in [6.07, 6.45) is 11.8. The first kappa shape index (κ1) is 27.2. The van der Waals surface area contributed by atoms with Gasteiger partial charge >= 0.3 is 0 Å². The number of likely N-dealkylation sites (tertiary alicyclic amines) is 1. The summed E-state index contributed by atoms with van der Waals surface area (Å²) in [5, 5.41) is 18.5. The molecule has 0 aromatic carbocycles. The van der Waals surface area contributed by atoms with Gasteiger partial charge in [-0.25, -0.2) is 0 Å². The number of carbonyl (C=O) groups is 1. The first-order chi connectivity index (χ1) is 16.4. The highest BCUT2D eigenvalue weighted by Gasteiger charge is 2.47. The second-order valence-electron chi connectivity index (χ2n) is 10.6. The quantitative estimate of drug-likeness (QED) is 0.394. The van der Waals surface area contributed by atoms with E-state index in [0.717, 1.165) is 64.0 Å². The largest absolute Gasteiger partial charge is 0.469 e. The predicted molar refractivity (Wildman–Crippen MR) is 141 cm³/mol. The average molecular weight is 481 g/mol. The van der Waals surface area contributed by atoms with Gasteiger partial charge < -0.3 is 25.1 Å². The van der Waals surface area contributed by atoms with E-state index >= 15 is 0 Å². The van der Waals surface area contributed by atoms with Crippen LogP contribution in [0.15, 0.2) is 22.8 Å². The molecular formula is C27H52N4O3. The van der Waals surface area contributed by atoms with E-state index in [1.165, 1.54) is 25.7 Å². The maximum Gasteiger partial charge on any atom is 0.237 e. The smallest absolute Gasteiger partial charge is 0.237 e. The van der Waals surface area contributed by atoms with Gasteiger partial charge in [0.25, 0.3) is 0 Å². The molecule has 0 radical (unpaired) electrons. The van der Waals surface area contributed by atoms with E-state index < -0.39 is 5.72 Å². The lowest BCUT2D eigenvalue weighted by Crippen LogP contribution is -2.66. The first-order valence-corrected chi connectivity index (χ1v) is 13.6. The summed E-state index contributed by atoms with van der Waals surface area (Å²) < 4.78 is 5.53. The fourth-order valence-corrected chi connectivity index (χ4v) is 5.95. The number of likely N-dealkylation sites (N-methyl/N-ethyl adjacent to an activating group) is 2. The zero-order valence-electron chi connectivity index (χ0n) is 21.9. The fourth-order valence-electron chi connectivity index (χ4n) is 5.95. The Morgan fingerprint density at radius 3 is 2.65 bits per heavy atom. The molecule has 0 bridgehead atoms. The van der Waals surface area contributed by atoms with Crippen LogP contribution in [-0.2, 0) is 11.2 Å². The van der Waals surface area contributed by atoms with E-state index in [4.69, 9.17) is 4.42 Å². The summed E-state index contributed by atoms with van der Waals surface area (Å²) in [7, 11) is 1.81. The van der Waals surface area contributed by atoms with Gasteiger partial charge in [0, 0.05) is 35.0 Å². The van der Waals surface area contributed by atoms with Gasteiger partial charge in [-0.15, -0.1) is 0 Å². The van der Waals surface area contributed by atoms with Crippen LogP contribution in [0.3, 0.4) is 0 Å². The van der Waals surface area contributed by atoms with Crippen LogP contribution in [0.25, 0.3) is 0 Å². The van der Waals surface area contributed by atoms with Crippen LogP contribution in [0, 0.1) is 5.92 Å². The number of rotatable bonds is 12. The minimum Gasteiger partial charge on any atom is -0.469 e. The standard InChI is InChI=1S/C27H48N4O3.2H2/c1-5-30(18-16-24-15-11-19-34-24)20-23-14-10-17-31(23)27(3,33)25(29-26(32)21(2)28-4)22-12-8-6-7-9-13-22;;/h11,15,19,21-23,25,28,33H,5-10,12-14,16-18,20H2,1-4H3,(H,29,32);2*1H/t21-,23-,25-,27?;;/m0../s1. The molecule has 3 N–H and O–H groups in total. The maximum atomic E-state index is 13.0. The van der Waals surface area contributed by atoms with Gasteiger partial charge in [0.2, 0.25) is 5.91 Å². The molecule has 4 atom stereocenters. The zero-order valence-corrected chi connectivity index (χ0v) is 21.9. The van der Waals surface area contributed by atoms with Crippen molar-refractivity contribution in [3.8, 4) is 0 Å². The van der Waals surface area contributed by atoms with Gasteiger partial charge in [-0.2, -0.15) is 0 Å². The van der Waals surface area contributed by atoms with Crippen molar-refractivity contribution >= 4 is 5.91 Å². The number of hydrogen-bond donors (Lipinski definition) is 3. The lowest BCUT2D eigenvalue weighted by molar-refractivity contribution is -0.151. The van der Waals surface area contributed by atoms with Crippen LogP contribution in [0.1, 0.15) is 80.8 Å².